The highest BCUT2D eigenvalue weighted by molar-refractivity contribution is 5.76. The Morgan fingerprint density at radius 1 is 1.37 bits per heavy atom. The molecule has 106 valence electrons. The number of hydrogen-bond acceptors (Lipinski definition) is 3. The maximum absolute atomic E-state index is 12.0. The average molecular weight is 264 g/mol. The summed E-state index contributed by atoms with van der Waals surface area (Å²) in [4.78, 5) is 13.9. The van der Waals surface area contributed by atoms with Gasteiger partial charge in [-0.3, -0.25) is 4.79 Å². The summed E-state index contributed by atoms with van der Waals surface area (Å²) in [7, 11) is 0. The zero-order chi connectivity index (χ0) is 14.3. The fourth-order valence-corrected chi connectivity index (χ4v) is 1.87. The first-order chi connectivity index (χ1) is 9.04. The van der Waals surface area contributed by atoms with Crippen molar-refractivity contribution in [1.82, 2.24) is 4.90 Å². The smallest absolute Gasteiger partial charge is 0.225 e. The quantitative estimate of drug-likeness (QED) is 0.770. The Hall–Kier alpha value is -1.71. The van der Waals surface area contributed by atoms with E-state index in [1.807, 2.05) is 30.0 Å². The van der Waals surface area contributed by atoms with E-state index in [-0.39, 0.29) is 5.91 Å². The van der Waals surface area contributed by atoms with Gasteiger partial charge in [-0.2, -0.15) is 0 Å². The summed E-state index contributed by atoms with van der Waals surface area (Å²) in [5.74, 6) is 1.25. The van der Waals surface area contributed by atoms with E-state index in [2.05, 4.69) is 13.8 Å². The molecule has 2 N–H and O–H groups in total. The molecule has 4 nitrogen and oxygen atoms in total. The summed E-state index contributed by atoms with van der Waals surface area (Å²) in [6.45, 7) is 8.11. The zero-order valence-electron chi connectivity index (χ0n) is 12.1. The lowest BCUT2D eigenvalue weighted by atomic mass is 10.2. The third kappa shape index (κ3) is 5.20. The highest BCUT2D eigenvalue weighted by Crippen LogP contribution is 2.19. The average Bonchev–Trinajstić information content (AvgIpc) is 2.37. The molecule has 0 aliphatic carbocycles. The van der Waals surface area contributed by atoms with Gasteiger partial charge >= 0.3 is 0 Å². The van der Waals surface area contributed by atoms with Gasteiger partial charge in [0.25, 0.3) is 0 Å². The standard InChI is InChI=1S/C15H24N2O2/c1-4-17(11-12(2)3)15(18)9-10-19-14-8-6-5-7-13(14)16/h5-8,12H,4,9-11,16H2,1-3H3. The predicted molar refractivity (Wildman–Crippen MR) is 78.1 cm³/mol. The first-order valence-corrected chi connectivity index (χ1v) is 6.79. The molecule has 0 atom stereocenters. The van der Waals surface area contributed by atoms with Gasteiger partial charge in [0, 0.05) is 13.1 Å². The molecule has 0 saturated heterocycles. The molecule has 1 aromatic rings. The molecule has 0 aromatic heterocycles. The number of benzene rings is 1. The zero-order valence-corrected chi connectivity index (χ0v) is 12.1. The second kappa shape index (κ2) is 7.67. The molecule has 0 fully saturated rings. The van der Waals surface area contributed by atoms with Gasteiger partial charge in [-0.1, -0.05) is 26.0 Å². The van der Waals surface area contributed by atoms with Crippen LogP contribution in [-0.2, 0) is 4.79 Å². The Balaban J connectivity index is 2.40. The van der Waals surface area contributed by atoms with Crippen molar-refractivity contribution in [3.63, 3.8) is 0 Å². The number of nitrogens with two attached hydrogens (primary N) is 1. The fourth-order valence-electron chi connectivity index (χ4n) is 1.87. The Morgan fingerprint density at radius 3 is 2.63 bits per heavy atom. The fraction of sp³-hybridized carbons (Fsp3) is 0.533. The summed E-state index contributed by atoms with van der Waals surface area (Å²) in [6, 6.07) is 7.32. The minimum Gasteiger partial charge on any atom is -0.491 e. The normalized spacial score (nSPS) is 10.5. The van der Waals surface area contributed by atoms with Crippen molar-refractivity contribution in [1.29, 1.82) is 0 Å². The first-order valence-electron chi connectivity index (χ1n) is 6.79. The first kappa shape index (κ1) is 15.3. The summed E-state index contributed by atoms with van der Waals surface area (Å²) in [5.41, 5.74) is 6.37. The summed E-state index contributed by atoms with van der Waals surface area (Å²) in [5, 5.41) is 0. The van der Waals surface area contributed by atoms with Crippen molar-refractivity contribution in [2.75, 3.05) is 25.4 Å². The van der Waals surface area contributed by atoms with E-state index in [4.69, 9.17) is 10.5 Å². The van der Waals surface area contributed by atoms with Crippen molar-refractivity contribution >= 4 is 11.6 Å². The van der Waals surface area contributed by atoms with Crippen LogP contribution in [0.5, 0.6) is 5.75 Å². The highest BCUT2D eigenvalue weighted by atomic mass is 16.5. The van der Waals surface area contributed by atoms with Gasteiger partial charge in [-0.05, 0) is 25.0 Å². The summed E-state index contributed by atoms with van der Waals surface area (Å²) < 4.78 is 5.53. The van der Waals surface area contributed by atoms with Crippen LogP contribution in [0.2, 0.25) is 0 Å². The van der Waals surface area contributed by atoms with Gasteiger partial charge in [0.15, 0.2) is 0 Å². The lowest BCUT2D eigenvalue weighted by Gasteiger charge is -2.23. The van der Waals surface area contributed by atoms with Crippen LogP contribution in [0.25, 0.3) is 0 Å². The molecule has 1 amide bonds. The molecule has 0 bridgehead atoms. The Kier molecular flexibility index (Phi) is 6.19. The van der Waals surface area contributed by atoms with Crippen LogP contribution in [0, 0.1) is 5.92 Å². The van der Waals surface area contributed by atoms with E-state index >= 15 is 0 Å². The molecule has 0 aliphatic rings. The largest absolute Gasteiger partial charge is 0.491 e. The number of anilines is 1. The topological polar surface area (TPSA) is 55.6 Å². The van der Waals surface area contributed by atoms with E-state index in [1.165, 1.54) is 0 Å². The third-order valence-electron chi connectivity index (χ3n) is 2.81. The minimum atomic E-state index is 0.130. The molecule has 0 saturated carbocycles. The number of carbonyl (C=O) groups is 1. The summed E-state index contributed by atoms with van der Waals surface area (Å²) >= 11 is 0. The van der Waals surface area contributed by atoms with Crippen LogP contribution in [0.4, 0.5) is 5.69 Å². The van der Waals surface area contributed by atoms with Crippen molar-refractivity contribution < 1.29 is 9.53 Å². The van der Waals surface area contributed by atoms with E-state index in [0.717, 1.165) is 13.1 Å². The maximum atomic E-state index is 12.0. The molecular weight excluding hydrogens is 240 g/mol. The van der Waals surface area contributed by atoms with Gasteiger partial charge in [0.1, 0.15) is 5.75 Å². The molecule has 0 heterocycles. The van der Waals surface area contributed by atoms with Crippen LogP contribution in [0.1, 0.15) is 27.2 Å². The Morgan fingerprint density at radius 2 is 2.05 bits per heavy atom. The van der Waals surface area contributed by atoms with Crippen LogP contribution < -0.4 is 10.5 Å². The molecule has 0 radical (unpaired) electrons. The molecule has 1 aromatic carbocycles. The minimum absolute atomic E-state index is 0.130. The molecule has 1 rings (SSSR count). The van der Waals surface area contributed by atoms with Gasteiger partial charge in [-0.25, -0.2) is 0 Å². The monoisotopic (exact) mass is 264 g/mol. The molecule has 0 aliphatic heterocycles. The van der Waals surface area contributed by atoms with Gasteiger partial charge in [0.2, 0.25) is 5.91 Å². The summed E-state index contributed by atoms with van der Waals surface area (Å²) in [6.07, 6.45) is 0.384. The number of nitrogen functional groups attached to an aromatic ring is 1. The Bertz CT molecular complexity index is 405. The van der Waals surface area contributed by atoms with Crippen LogP contribution >= 0.6 is 0 Å². The predicted octanol–water partition coefficient (Wildman–Crippen LogP) is 2.54. The van der Waals surface area contributed by atoms with Crippen LogP contribution in [-0.4, -0.2) is 30.5 Å². The number of ether oxygens (including phenoxy) is 1. The number of rotatable bonds is 7. The van der Waals surface area contributed by atoms with Crippen LogP contribution in [0.3, 0.4) is 0 Å². The maximum Gasteiger partial charge on any atom is 0.225 e. The highest BCUT2D eigenvalue weighted by Gasteiger charge is 2.13. The van der Waals surface area contributed by atoms with E-state index in [1.54, 1.807) is 6.07 Å². The van der Waals surface area contributed by atoms with E-state index < -0.39 is 0 Å². The molecule has 0 unspecified atom stereocenters. The van der Waals surface area contributed by atoms with Crippen molar-refractivity contribution in [2.45, 2.75) is 27.2 Å². The van der Waals surface area contributed by atoms with Gasteiger partial charge in [0.05, 0.1) is 18.7 Å². The number of amides is 1. The third-order valence-corrected chi connectivity index (χ3v) is 2.81. The van der Waals surface area contributed by atoms with Gasteiger partial charge in [-0.15, -0.1) is 0 Å². The lowest BCUT2D eigenvalue weighted by Crippen LogP contribution is -2.34. The molecule has 19 heavy (non-hydrogen) atoms. The Labute approximate surface area is 115 Å². The van der Waals surface area contributed by atoms with E-state index in [0.29, 0.717) is 30.4 Å². The SMILES string of the molecule is CCN(CC(C)C)C(=O)CCOc1ccccc1N. The van der Waals surface area contributed by atoms with Crippen molar-refractivity contribution in [2.24, 2.45) is 5.92 Å². The van der Waals surface area contributed by atoms with Crippen molar-refractivity contribution in [3.05, 3.63) is 24.3 Å². The number of para-hydroxylation sites is 2. The van der Waals surface area contributed by atoms with Crippen molar-refractivity contribution in [3.8, 4) is 5.75 Å². The van der Waals surface area contributed by atoms with Crippen LogP contribution in [0.15, 0.2) is 24.3 Å². The molecule has 0 spiro atoms. The second-order valence-electron chi connectivity index (χ2n) is 4.96. The molecule has 4 heteroatoms. The second-order valence-corrected chi connectivity index (χ2v) is 4.96. The number of carbonyl (C=O) groups excluding carboxylic acids is 1. The van der Waals surface area contributed by atoms with Gasteiger partial charge < -0.3 is 15.4 Å². The molecular formula is C15H24N2O2. The van der Waals surface area contributed by atoms with E-state index in [9.17, 15) is 4.79 Å². The lowest BCUT2D eigenvalue weighted by molar-refractivity contribution is -0.132. The number of nitrogens with zero attached hydrogens (tertiary/aromatic N) is 1. The number of hydrogen-bond donors (Lipinski definition) is 1.